The summed E-state index contributed by atoms with van der Waals surface area (Å²) in [5.41, 5.74) is 0. The normalized spacial score (nSPS) is 12.4. The number of hydrogen-bond acceptors (Lipinski definition) is 3. The monoisotopic (exact) mass is 281 g/mol. The Hall–Kier alpha value is -2.26. The van der Waals surface area contributed by atoms with Crippen LogP contribution in [0.3, 0.4) is 0 Å². The van der Waals surface area contributed by atoms with Gasteiger partial charge in [-0.05, 0) is 37.2 Å². The molecule has 0 aliphatic heterocycles. The van der Waals surface area contributed by atoms with Crippen molar-refractivity contribution < 1.29 is 9.15 Å². The van der Waals surface area contributed by atoms with Crippen molar-refractivity contribution in [3.8, 4) is 5.75 Å². The van der Waals surface area contributed by atoms with Gasteiger partial charge in [0, 0.05) is 11.8 Å². The molecule has 2 aromatic carbocycles. The molecule has 1 heterocycles. The maximum absolute atomic E-state index is 6.24. The Morgan fingerprint density at radius 2 is 1.90 bits per heavy atom. The molecule has 0 spiro atoms. The van der Waals surface area contributed by atoms with E-state index >= 15 is 0 Å². The van der Waals surface area contributed by atoms with E-state index in [4.69, 9.17) is 9.15 Å². The fourth-order valence-electron chi connectivity index (χ4n) is 2.46. The topological polar surface area (TPSA) is 34.4 Å². The number of nitrogens with one attached hydrogen (secondary N) is 1. The first-order valence-electron chi connectivity index (χ1n) is 7.21. The molecule has 3 heteroatoms. The second kappa shape index (κ2) is 6.46. The van der Waals surface area contributed by atoms with E-state index in [2.05, 4.69) is 23.5 Å². The van der Waals surface area contributed by atoms with Crippen molar-refractivity contribution in [2.75, 3.05) is 13.6 Å². The molecule has 0 aliphatic carbocycles. The van der Waals surface area contributed by atoms with Crippen molar-refractivity contribution in [2.24, 2.45) is 0 Å². The van der Waals surface area contributed by atoms with Gasteiger partial charge in [-0.2, -0.15) is 0 Å². The molecule has 0 saturated heterocycles. The number of ether oxygens (including phenoxy) is 1. The summed E-state index contributed by atoms with van der Waals surface area (Å²) < 4.78 is 11.8. The standard InChI is InChI=1S/C18H19NO2/c1-19-12-11-18(17-10-5-13-20-17)21-16-9-4-7-14-6-2-3-8-15(14)16/h2-10,13,18-19H,11-12H2,1H3/t18-/m1/s1. The number of hydrogen-bond donors (Lipinski definition) is 1. The predicted molar refractivity (Wildman–Crippen MR) is 84.6 cm³/mol. The predicted octanol–water partition coefficient (Wildman–Crippen LogP) is 4.16. The third-order valence-corrected chi connectivity index (χ3v) is 3.54. The molecule has 0 amide bonds. The maximum Gasteiger partial charge on any atom is 0.157 e. The quantitative estimate of drug-likeness (QED) is 0.736. The molecule has 1 atom stereocenters. The highest BCUT2D eigenvalue weighted by molar-refractivity contribution is 5.88. The Bertz CT molecular complexity index is 686. The Kier molecular flexibility index (Phi) is 4.22. The first-order valence-corrected chi connectivity index (χ1v) is 7.21. The van der Waals surface area contributed by atoms with Crippen LogP contribution < -0.4 is 10.1 Å². The minimum absolute atomic E-state index is 0.0849. The van der Waals surface area contributed by atoms with Crippen LogP contribution in [0.15, 0.2) is 65.3 Å². The lowest BCUT2D eigenvalue weighted by Crippen LogP contribution is -2.16. The lowest BCUT2D eigenvalue weighted by molar-refractivity contribution is 0.168. The molecule has 3 nitrogen and oxygen atoms in total. The molecular formula is C18H19NO2. The molecule has 0 unspecified atom stereocenters. The van der Waals surface area contributed by atoms with E-state index in [-0.39, 0.29) is 6.10 Å². The van der Waals surface area contributed by atoms with E-state index < -0.39 is 0 Å². The Morgan fingerprint density at radius 3 is 2.71 bits per heavy atom. The number of rotatable bonds is 6. The second-order valence-corrected chi connectivity index (χ2v) is 4.99. The highest BCUT2D eigenvalue weighted by atomic mass is 16.5. The summed E-state index contributed by atoms with van der Waals surface area (Å²) in [5, 5.41) is 5.47. The molecule has 3 rings (SSSR count). The van der Waals surface area contributed by atoms with Crippen molar-refractivity contribution in [1.82, 2.24) is 5.32 Å². The van der Waals surface area contributed by atoms with E-state index in [1.54, 1.807) is 6.26 Å². The molecule has 1 N–H and O–H groups in total. The van der Waals surface area contributed by atoms with Gasteiger partial charge in [-0.3, -0.25) is 0 Å². The summed E-state index contributed by atoms with van der Waals surface area (Å²) in [7, 11) is 1.94. The van der Waals surface area contributed by atoms with Gasteiger partial charge in [0.15, 0.2) is 6.10 Å². The largest absolute Gasteiger partial charge is 0.482 e. The van der Waals surface area contributed by atoms with Gasteiger partial charge >= 0.3 is 0 Å². The van der Waals surface area contributed by atoms with E-state index in [0.29, 0.717) is 0 Å². The lowest BCUT2D eigenvalue weighted by atomic mass is 10.1. The zero-order valence-corrected chi connectivity index (χ0v) is 12.1. The molecule has 0 radical (unpaired) electrons. The SMILES string of the molecule is CNCC[C@@H](Oc1cccc2ccccc12)c1ccco1. The van der Waals surface area contributed by atoms with Crippen LogP contribution in [-0.4, -0.2) is 13.6 Å². The van der Waals surface area contributed by atoms with Gasteiger partial charge in [-0.15, -0.1) is 0 Å². The fourth-order valence-corrected chi connectivity index (χ4v) is 2.46. The van der Waals surface area contributed by atoms with Crippen LogP contribution in [0.4, 0.5) is 0 Å². The zero-order chi connectivity index (χ0) is 14.5. The third-order valence-electron chi connectivity index (χ3n) is 3.54. The van der Waals surface area contributed by atoms with Crippen LogP contribution in [0.25, 0.3) is 10.8 Å². The minimum Gasteiger partial charge on any atom is -0.482 e. The Morgan fingerprint density at radius 1 is 1.05 bits per heavy atom. The first kappa shape index (κ1) is 13.7. The average molecular weight is 281 g/mol. The fraction of sp³-hybridized carbons (Fsp3) is 0.222. The molecule has 0 bridgehead atoms. The summed E-state index contributed by atoms with van der Waals surface area (Å²) >= 11 is 0. The van der Waals surface area contributed by atoms with Crippen LogP contribution >= 0.6 is 0 Å². The van der Waals surface area contributed by atoms with E-state index in [1.807, 2.05) is 43.4 Å². The first-order chi connectivity index (χ1) is 10.4. The van der Waals surface area contributed by atoms with Gasteiger partial charge in [0.1, 0.15) is 11.5 Å². The van der Waals surface area contributed by atoms with Crippen molar-refractivity contribution >= 4 is 10.8 Å². The van der Waals surface area contributed by atoms with Crippen molar-refractivity contribution in [2.45, 2.75) is 12.5 Å². The molecular weight excluding hydrogens is 262 g/mol. The molecule has 0 saturated carbocycles. The summed E-state index contributed by atoms with van der Waals surface area (Å²) in [6.45, 7) is 0.871. The van der Waals surface area contributed by atoms with E-state index in [0.717, 1.165) is 29.9 Å². The lowest BCUT2D eigenvalue weighted by Gasteiger charge is -2.18. The van der Waals surface area contributed by atoms with Crippen LogP contribution in [0.1, 0.15) is 18.3 Å². The van der Waals surface area contributed by atoms with Gasteiger partial charge in [0.25, 0.3) is 0 Å². The summed E-state index contributed by atoms with van der Waals surface area (Å²) in [6.07, 6.45) is 2.46. The highest BCUT2D eigenvalue weighted by Crippen LogP contribution is 2.31. The Balaban J connectivity index is 1.90. The molecule has 3 aromatic rings. The number of fused-ring (bicyclic) bond motifs is 1. The van der Waals surface area contributed by atoms with E-state index in [1.165, 1.54) is 5.39 Å². The van der Waals surface area contributed by atoms with Gasteiger partial charge in [0.2, 0.25) is 0 Å². The molecule has 108 valence electrons. The van der Waals surface area contributed by atoms with Crippen LogP contribution in [0.5, 0.6) is 5.75 Å². The minimum atomic E-state index is -0.0849. The van der Waals surface area contributed by atoms with Gasteiger partial charge in [-0.25, -0.2) is 0 Å². The van der Waals surface area contributed by atoms with E-state index in [9.17, 15) is 0 Å². The van der Waals surface area contributed by atoms with Crippen molar-refractivity contribution in [3.05, 3.63) is 66.6 Å². The number of benzene rings is 2. The molecule has 21 heavy (non-hydrogen) atoms. The van der Waals surface area contributed by atoms with Gasteiger partial charge in [-0.1, -0.05) is 36.4 Å². The second-order valence-electron chi connectivity index (χ2n) is 4.99. The van der Waals surface area contributed by atoms with Gasteiger partial charge in [0.05, 0.1) is 6.26 Å². The summed E-state index contributed by atoms with van der Waals surface area (Å²) in [5.74, 6) is 1.75. The smallest absolute Gasteiger partial charge is 0.157 e. The van der Waals surface area contributed by atoms with Crippen LogP contribution in [-0.2, 0) is 0 Å². The summed E-state index contributed by atoms with van der Waals surface area (Å²) in [6, 6.07) is 18.2. The Labute approximate surface area is 124 Å². The molecule has 0 fully saturated rings. The summed E-state index contributed by atoms with van der Waals surface area (Å²) in [4.78, 5) is 0. The molecule has 0 aliphatic rings. The third kappa shape index (κ3) is 3.09. The van der Waals surface area contributed by atoms with Crippen LogP contribution in [0.2, 0.25) is 0 Å². The highest BCUT2D eigenvalue weighted by Gasteiger charge is 2.17. The zero-order valence-electron chi connectivity index (χ0n) is 12.1. The van der Waals surface area contributed by atoms with Crippen molar-refractivity contribution in [1.29, 1.82) is 0 Å². The van der Waals surface area contributed by atoms with Crippen LogP contribution in [0, 0.1) is 0 Å². The van der Waals surface area contributed by atoms with Gasteiger partial charge < -0.3 is 14.5 Å². The maximum atomic E-state index is 6.24. The molecule has 1 aromatic heterocycles. The average Bonchev–Trinajstić information content (AvgIpc) is 3.06. The van der Waals surface area contributed by atoms with Crippen molar-refractivity contribution in [3.63, 3.8) is 0 Å². The number of furan rings is 1.